The molecule has 0 saturated heterocycles. The quantitative estimate of drug-likeness (QED) is 0.259. The van der Waals surface area contributed by atoms with Gasteiger partial charge >= 0.3 is 5.97 Å². The van der Waals surface area contributed by atoms with E-state index in [4.69, 9.17) is 16.4 Å². The molecule has 92 valence electrons. The average Bonchev–Trinajstić information content (AvgIpc) is 2.26. The largest absolute Gasteiger partial charge is 0.480 e. The molecule has 0 spiro atoms. The minimum Gasteiger partial charge on any atom is -0.480 e. The second-order valence-electron chi connectivity index (χ2n) is 3.81. The van der Waals surface area contributed by atoms with Crippen LogP contribution in [0.1, 0.15) is 44.9 Å². The van der Waals surface area contributed by atoms with Crippen LogP contribution in [0.3, 0.4) is 0 Å². The second-order valence-corrected chi connectivity index (χ2v) is 3.81. The third kappa shape index (κ3) is 9.30. The predicted molar refractivity (Wildman–Crippen MR) is 61.9 cm³/mol. The molecule has 6 nitrogen and oxygen atoms in total. The third-order valence-electron chi connectivity index (χ3n) is 2.40. The second kappa shape index (κ2) is 10.3. The topological polar surface area (TPSA) is 112 Å². The van der Waals surface area contributed by atoms with Crippen LogP contribution in [0.4, 0.5) is 0 Å². The summed E-state index contributed by atoms with van der Waals surface area (Å²) < 4.78 is 0. The first-order chi connectivity index (χ1) is 7.68. The van der Waals surface area contributed by atoms with Gasteiger partial charge < -0.3 is 10.8 Å². The molecule has 16 heavy (non-hydrogen) atoms. The lowest BCUT2D eigenvalue weighted by Gasteiger charge is -2.05. The van der Waals surface area contributed by atoms with Gasteiger partial charge in [-0.25, -0.2) is 0 Å². The van der Waals surface area contributed by atoms with Crippen molar-refractivity contribution in [3.63, 3.8) is 0 Å². The van der Waals surface area contributed by atoms with Gasteiger partial charge in [0.2, 0.25) is 0 Å². The SMILES string of the molecule is [N-]=[N+]=NCCCCCCCCC(N)C(=O)O. The van der Waals surface area contributed by atoms with Crippen molar-refractivity contribution in [3.05, 3.63) is 10.4 Å². The molecular weight excluding hydrogens is 208 g/mol. The number of nitrogens with zero attached hydrogens (tertiary/aromatic N) is 3. The van der Waals surface area contributed by atoms with Crippen LogP contribution >= 0.6 is 0 Å². The number of nitrogens with two attached hydrogens (primary N) is 1. The molecule has 0 aromatic rings. The van der Waals surface area contributed by atoms with Crippen LogP contribution < -0.4 is 5.73 Å². The Morgan fingerprint density at radius 3 is 2.38 bits per heavy atom. The number of azide groups is 1. The molecule has 0 aromatic carbocycles. The van der Waals surface area contributed by atoms with E-state index in [0.717, 1.165) is 38.5 Å². The van der Waals surface area contributed by atoms with Gasteiger partial charge in [0.15, 0.2) is 0 Å². The van der Waals surface area contributed by atoms with Gasteiger partial charge in [0.25, 0.3) is 0 Å². The van der Waals surface area contributed by atoms with Gasteiger partial charge in [-0.15, -0.1) is 0 Å². The van der Waals surface area contributed by atoms with E-state index in [1.807, 2.05) is 0 Å². The maximum absolute atomic E-state index is 10.4. The molecule has 0 fully saturated rings. The van der Waals surface area contributed by atoms with E-state index in [2.05, 4.69) is 10.0 Å². The van der Waals surface area contributed by atoms with Crippen molar-refractivity contribution in [2.75, 3.05) is 6.54 Å². The maximum atomic E-state index is 10.4. The summed E-state index contributed by atoms with van der Waals surface area (Å²) >= 11 is 0. The standard InChI is InChI=1S/C10H20N4O2/c11-9(10(15)16)7-5-3-1-2-4-6-8-13-14-12/h9H,1-8,11H2,(H,15,16). The summed E-state index contributed by atoms with van der Waals surface area (Å²) in [5.41, 5.74) is 13.4. The first kappa shape index (κ1) is 14.7. The lowest BCUT2D eigenvalue weighted by molar-refractivity contribution is -0.138. The monoisotopic (exact) mass is 228 g/mol. The van der Waals surface area contributed by atoms with E-state index in [1.54, 1.807) is 0 Å². The molecule has 0 heterocycles. The lowest BCUT2D eigenvalue weighted by Crippen LogP contribution is -2.29. The van der Waals surface area contributed by atoms with Gasteiger partial charge in [-0.3, -0.25) is 4.79 Å². The molecule has 0 aromatic heterocycles. The smallest absolute Gasteiger partial charge is 0.320 e. The van der Waals surface area contributed by atoms with Crippen LogP contribution in [0, 0.1) is 0 Å². The summed E-state index contributed by atoms with van der Waals surface area (Å²) in [5.74, 6) is -0.922. The van der Waals surface area contributed by atoms with Crippen molar-refractivity contribution in [2.45, 2.75) is 51.0 Å². The van der Waals surface area contributed by atoms with Crippen molar-refractivity contribution in [1.82, 2.24) is 0 Å². The molecule has 0 aliphatic rings. The third-order valence-corrected chi connectivity index (χ3v) is 2.40. The first-order valence-electron chi connectivity index (χ1n) is 5.67. The Morgan fingerprint density at radius 1 is 1.25 bits per heavy atom. The van der Waals surface area contributed by atoms with Crippen molar-refractivity contribution in [3.8, 4) is 0 Å². The van der Waals surface area contributed by atoms with Crippen LogP contribution in [0.15, 0.2) is 5.11 Å². The summed E-state index contributed by atoms with van der Waals surface area (Å²) in [4.78, 5) is 13.1. The van der Waals surface area contributed by atoms with Crippen LogP contribution in [0.2, 0.25) is 0 Å². The van der Waals surface area contributed by atoms with Crippen LogP contribution in [-0.4, -0.2) is 23.7 Å². The van der Waals surface area contributed by atoms with Gasteiger partial charge in [0, 0.05) is 11.5 Å². The molecule has 0 saturated carbocycles. The van der Waals surface area contributed by atoms with Crippen molar-refractivity contribution >= 4 is 5.97 Å². The Morgan fingerprint density at radius 2 is 1.81 bits per heavy atom. The number of hydrogen-bond donors (Lipinski definition) is 2. The van der Waals surface area contributed by atoms with Crippen molar-refractivity contribution in [1.29, 1.82) is 0 Å². The van der Waals surface area contributed by atoms with E-state index in [9.17, 15) is 4.79 Å². The predicted octanol–water partition coefficient (Wildman–Crippen LogP) is 2.44. The van der Waals surface area contributed by atoms with E-state index in [1.165, 1.54) is 0 Å². The van der Waals surface area contributed by atoms with E-state index in [0.29, 0.717) is 13.0 Å². The molecule has 6 heteroatoms. The summed E-state index contributed by atoms with van der Waals surface area (Å²) in [6, 6.07) is -0.718. The Bertz CT molecular complexity index is 239. The summed E-state index contributed by atoms with van der Waals surface area (Å²) in [7, 11) is 0. The normalized spacial score (nSPS) is 11.8. The highest BCUT2D eigenvalue weighted by Gasteiger charge is 2.09. The number of carboxylic acid groups (broad SMARTS) is 1. The van der Waals surface area contributed by atoms with Crippen LogP contribution in [-0.2, 0) is 4.79 Å². The molecule has 0 radical (unpaired) electrons. The zero-order chi connectivity index (χ0) is 12.2. The number of aliphatic carboxylic acids is 1. The van der Waals surface area contributed by atoms with Gasteiger partial charge in [0.1, 0.15) is 6.04 Å². The Kier molecular flexibility index (Phi) is 9.46. The fraction of sp³-hybridized carbons (Fsp3) is 0.900. The molecule has 3 N–H and O–H groups in total. The Labute approximate surface area is 95.5 Å². The molecule has 0 aliphatic heterocycles. The lowest BCUT2D eigenvalue weighted by atomic mass is 10.1. The zero-order valence-corrected chi connectivity index (χ0v) is 9.51. The van der Waals surface area contributed by atoms with Gasteiger partial charge in [-0.1, -0.05) is 37.2 Å². The molecule has 1 unspecified atom stereocenters. The highest BCUT2D eigenvalue weighted by molar-refractivity contribution is 5.72. The number of rotatable bonds is 10. The molecular formula is C10H20N4O2. The van der Waals surface area contributed by atoms with Crippen molar-refractivity contribution in [2.24, 2.45) is 10.8 Å². The minimum absolute atomic E-state index is 0.550. The van der Waals surface area contributed by atoms with Crippen LogP contribution in [0.5, 0.6) is 0 Å². The number of unbranched alkanes of at least 4 members (excludes halogenated alkanes) is 5. The first-order valence-corrected chi connectivity index (χ1v) is 5.67. The summed E-state index contributed by atoms with van der Waals surface area (Å²) in [5, 5.41) is 12.0. The minimum atomic E-state index is -0.922. The fourth-order valence-electron chi connectivity index (χ4n) is 1.42. The highest BCUT2D eigenvalue weighted by atomic mass is 16.4. The number of carbonyl (C=O) groups is 1. The maximum Gasteiger partial charge on any atom is 0.320 e. The molecule has 0 aliphatic carbocycles. The molecule has 0 amide bonds. The fourth-order valence-corrected chi connectivity index (χ4v) is 1.42. The van der Waals surface area contributed by atoms with E-state index >= 15 is 0 Å². The van der Waals surface area contributed by atoms with E-state index in [-0.39, 0.29) is 0 Å². The number of carboxylic acids is 1. The summed E-state index contributed by atoms with van der Waals surface area (Å²) in [6.07, 6.45) is 6.61. The Hall–Kier alpha value is -1.26. The number of hydrogen-bond acceptors (Lipinski definition) is 3. The van der Waals surface area contributed by atoms with Gasteiger partial charge in [-0.2, -0.15) is 0 Å². The molecule has 0 bridgehead atoms. The van der Waals surface area contributed by atoms with Gasteiger partial charge in [-0.05, 0) is 18.4 Å². The zero-order valence-electron chi connectivity index (χ0n) is 9.51. The molecule has 0 rings (SSSR count). The van der Waals surface area contributed by atoms with Crippen molar-refractivity contribution < 1.29 is 9.90 Å². The summed E-state index contributed by atoms with van der Waals surface area (Å²) in [6.45, 7) is 0.570. The van der Waals surface area contributed by atoms with Gasteiger partial charge in [0.05, 0.1) is 0 Å². The molecule has 1 atom stereocenters. The highest BCUT2D eigenvalue weighted by Crippen LogP contribution is 2.08. The average molecular weight is 228 g/mol. The van der Waals surface area contributed by atoms with E-state index < -0.39 is 12.0 Å². The Balaban J connectivity index is 3.15. The van der Waals surface area contributed by atoms with Crippen LogP contribution in [0.25, 0.3) is 10.4 Å².